The molecule has 4 aliphatic heterocycles. The van der Waals surface area contributed by atoms with Crippen molar-refractivity contribution >= 4 is 5.82 Å². The minimum absolute atomic E-state index is 0.150. The fourth-order valence-electron chi connectivity index (χ4n) is 5.82. The zero-order valence-corrected chi connectivity index (χ0v) is 18.0. The fourth-order valence-corrected chi connectivity index (χ4v) is 5.82. The van der Waals surface area contributed by atoms with Crippen molar-refractivity contribution in [1.29, 1.82) is 0 Å². The van der Waals surface area contributed by atoms with Gasteiger partial charge in [0.1, 0.15) is 17.5 Å². The van der Waals surface area contributed by atoms with E-state index in [0.29, 0.717) is 13.0 Å². The van der Waals surface area contributed by atoms with Crippen molar-refractivity contribution in [2.24, 2.45) is 5.92 Å². The second-order valence-corrected chi connectivity index (χ2v) is 9.27. The molecule has 4 saturated heterocycles. The average molecular weight is 418 g/mol. The monoisotopic (exact) mass is 417 g/mol. The number of pyridine rings is 1. The third-order valence-electron chi connectivity index (χ3n) is 7.42. The Bertz CT molecular complexity index is 964. The van der Waals surface area contributed by atoms with E-state index in [0.717, 1.165) is 68.0 Å². The molecule has 2 N–H and O–H groups in total. The zero-order chi connectivity index (χ0) is 21.4. The van der Waals surface area contributed by atoms with E-state index in [1.54, 1.807) is 0 Å². The second-order valence-electron chi connectivity index (χ2n) is 9.27. The second kappa shape index (κ2) is 8.27. The van der Waals surface area contributed by atoms with Crippen LogP contribution in [0.15, 0.2) is 42.5 Å². The molecule has 5 heteroatoms. The average Bonchev–Trinajstić information content (AvgIpc) is 2.80. The Morgan fingerprint density at radius 1 is 1.06 bits per heavy atom. The van der Waals surface area contributed by atoms with Gasteiger partial charge in [-0.25, -0.2) is 4.98 Å². The number of benzene rings is 1. The molecule has 0 spiro atoms. The molecule has 4 aliphatic rings. The van der Waals surface area contributed by atoms with Crippen molar-refractivity contribution in [2.75, 3.05) is 31.1 Å². The van der Waals surface area contributed by atoms with E-state index in [-0.39, 0.29) is 18.1 Å². The van der Waals surface area contributed by atoms with Gasteiger partial charge in [0.25, 0.3) is 0 Å². The largest absolute Gasteiger partial charge is 0.391 e. The number of nitrogens with zero attached hydrogens (tertiary/aromatic N) is 3. The Labute approximate surface area is 184 Å². The van der Waals surface area contributed by atoms with E-state index in [4.69, 9.17) is 11.4 Å². The quantitative estimate of drug-likeness (QED) is 0.749. The highest BCUT2D eigenvalue weighted by molar-refractivity contribution is 5.47. The third-order valence-corrected chi connectivity index (χ3v) is 7.42. The lowest BCUT2D eigenvalue weighted by Gasteiger charge is -2.54. The van der Waals surface area contributed by atoms with E-state index in [1.807, 2.05) is 30.3 Å². The summed E-state index contributed by atoms with van der Waals surface area (Å²) in [5.74, 6) is 3.93. The molecule has 0 amide bonds. The van der Waals surface area contributed by atoms with Gasteiger partial charge in [0.05, 0.1) is 11.8 Å². The predicted octanol–water partition coefficient (Wildman–Crippen LogP) is 2.55. The Morgan fingerprint density at radius 2 is 1.84 bits per heavy atom. The van der Waals surface area contributed by atoms with Gasteiger partial charge in [-0.2, -0.15) is 0 Å². The maximum atomic E-state index is 12.1. The van der Waals surface area contributed by atoms with E-state index < -0.39 is 5.60 Å². The molecular formula is C26H31N3O2. The Kier molecular flexibility index (Phi) is 5.47. The van der Waals surface area contributed by atoms with Gasteiger partial charge in [-0.05, 0) is 56.3 Å². The summed E-state index contributed by atoms with van der Waals surface area (Å²) in [6.07, 6.45) is 10.0. The van der Waals surface area contributed by atoms with Gasteiger partial charge in [-0.1, -0.05) is 42.3 Å². The van der Waals surface area contributed by atoms with Crippen molar-refractivity contribution < 1.29 is 10.2 Å². The molecule has 5 nitrogen and oxygen atoms in total. The molecule has 0 radical (unpaired) electrons. The number of rotatable bonds is 4. The van der Waals surface area contributed by atoms with Gasteiger partial charge in [-0.15, -0.1) is 6.42 Å². The number of aliphatic hydroxyl groups is 2. The topological polar surface area (TPSA) is 59.8 Å². The maximum Gasteiger partial charge on any atom is 0.128 e. The van der Waals surface area contributed by atoms with Crippen molar-refractivity contribution in [1.82, 2.24) is 9.88 Å². The standard InChI is InChI=1S/C26H31N3O2/c1-2-24-26(31,20-12-15-28(24)16-13-20)22-10-11-25(29-14-6-9-21(30)18-29)27-23(22)17-19-7-4-3-5-8-19/h1,3-5,7-8,10-11,20-21,24,30-31H,6,9,12-18H2. The van der Waals surface area contributed by atoms with E-state index in [1.165, 1.54) is 0 Å². The summed E-state index contributed by atoms with van der Waals surface area (Å²) in [4.78, 5) is 9.48. The van der Waals surface area contributed by atoms with Crippen LogP contribution >= 0.6 is 0 Å². The molecule has 3 unspecified atom stereocenters. The predicted molar refractivity (Wildman–Crippen MR) is 122 cm³/mol. The molecular weight excluding hydrogens is 386 g/mol. The summed E-state index contributed by atoms with van der Waals surface area (Å²) >= 11 is 0. The number of hydrogen-bond acceptors (Lipinski definition) is 5. The van der Waals surface area contributed by atoms with Crippen LogP contribution in [0, 0.1) is 18.3 Å². The number of anilines is 1. The Hall–Kier alpha value is -2.39. The fraction of sp³-hybridized carbons (Fsp3) is 0.500. The minimum atomic E-state index is -1.08. The van der Waals surface area contributed by atoms with Crippen LogP contribution < -0.4 is 4.90 Å². The summed E-state index contributed by atoms with van der Waals surface area (Å²) in [6.45, 7) is 3.40. The van der Waals surface area contributed by atoms with Crippen molar-refractivity contribution in [2.45, 2.75) is 49.9 Å². The highest BCUT2D eigenvalue weighted by atomic mass is 16.3. The minimum Gasteiger partial charge on any atom is -0.391 e. The summed E-state index contributed by atoms with van der Waals surface area (Å²) in [5, 5.41) is 22.3. The first-order chi connectivity index (χ1) is 15.1. The Morgan fingerprint density at radius 3 is 2.55 bits per heavy atom. The third kappa shape index (κ3) is 3.63. The van der Waals surface area contributed by atoms with Crippen molar-refractivity contribution in [3.8, 4) is 12.3 Å². The molecule has 0 aliphatic carbocycles. The van der Waals surface area contributed by atoms with Gasteiger partial charge < -0.3 is 15.1 Å². The van der Waals surface area contributed by atoms with Crippen LogP contribution in [0.2, 0.25) is 0 Å². The molecule has 5 heterocycles. The number of terminal acetylenes is 1. The van der Waals surface area contributed by atoms with E-state index >= 15 is 0 Å². The number of aromatic nitrogens is 1. The van der Waals surface area contributed by atoms with E-state index in [2.05, 4.69) is 27.9 Å². The molecule has 2 bridgehead atoms. The summed E-state index contributed by atoms with van der Waals surface area (Å²) in [5.41, 5.74) is 1.84. The maximum absolute atomic E-state index is 12.1. The lowest BCUT2D eigenvalue weighted by Crippen LogP contribution is -2.63. The van der Waals surface area contributed by atoms with Gasteiger partial charge in [0, 0.05) is 25.1 Å². The Balaban J connectivity index is 1.58. The molecule has 4 fully saturated rings. The smallest absolute Gasteiger partial charge is 0.128 e. The van der Waals surface area contributed by atoms with Gasteiger partial charge >= 0.3 is 0 Å². The molecule has 31 heavy (non-hydrogen) atoms. The van der Waals surface area contributed by atoms with Crippen LogP contribution in [0.1, 0.15) is 42.5 Å². The SMILES string of the molecule is C#CC1N2CCC(CC2)C1(O)c1ccc(N2CCCC(O)C2)nc1Cc1ccccc1. The summed E-state index contributed by atoms with van der Waals surface area (Å²) in [7, 11) is 0. The number of β-amino-alcohol motifs (C(OH)–C–C–N with tert-alkyl or cyclic N) is 1. The molecule has 0 saturated carbocycles. The molecule has 1 aromatic carbocycles. The lowest BCUT2D eigenvalue weighted by molar-refractivity contribution is -0.143. The van der Waals surface area contributed by atoms with Crippen LogP contribution in [-0.4, -0.2) is 58.4 Å². The lowest BCUT2D eigenvalue weighted by atomic mass is 9.66. The van der Waals surface area contributed by atoms with Crippen LogP contribution in [0.5, 0.6) is 0 Å². The molecule has 6 rings (SSSR count). The first-order valence-electron chi connectivity index (χ1n) is 11.5. The highest BCUT2D eigenvalue weighted by Crippen LogP contribution is 2.47. The van der Waals surface area contributed by atoms with Gasteiger partial charge in [0.15, 0.2) is 0 Å². The number of hydrogen-bond donors (Lipinski definition) is 2. The number of fused-ring (bicyclic) bond motifs is 3. The van der Waals surface area contributed by atoms with Crippen molar-refractivity contribution in [3.63, 3.8) is 0 Å². The van der Waals surface area contributed by atoms with Gasteiger partial charge in [0.2, 0.25) is 0 Å². The normalized spacial score (nSPS) is 32.6. The molecule has 2 aromatic rings. The summed E-state index contributed by atoms with van der Waals surface area (Å²) in [6, 6.07) is 14.0. The summed E-state index contributed by atoms with van der Waals surface area (Å²) < 4.78 is 0. The van der Waals surface area contributed by atoms with Crippen LogP contribution in [0.3, 0.4) is 0 Å². The molecule has 3 atom stereocenters. The zero-order valence-electron chi connectivity index (χ0n) is 18.0. The molecule has 162 valence electrons. The van der Waals surface area contributed by atoms with Crippen LogP contribution in [-0.2, 0) is 12.0 Å². The molecule has 1 aromatic heterocycles. The van der Waals surface area contributed by atoms with Gasteiger partial charge in [-0.3, -0.25) is 4.90 Å². The van der Waals surface area contributed by atoms with Crippen LogP contribution in [0.4, 0.5) is 5.82 Å². The van der Waals surface area contributed by atoms with E-state index in [9.17, 15) is 10.2 Å². The van der Waals surface area contributed by atoms with Crippen molar-refractivity contribution in [3.05, 3.63) is 59.3 Å². The highest BCUT2D eigenvalue weighted by Gasteiger charge is 2.54. The first kappa shape index (κ1) is 20.5. The number of aliphatic hydroxyl groups excluding tert-OH is 1. The van der Waals surface area contributed by atoms with Crippen LogP contribution in [0.25, 0.3) is 0 Å². The first-order valence-corrected chi connectivity index (χ1v) is 11.5. The number of piperidine rings is 4.